The van der Waals surface area contributed by atoms with Gasteiger partial charge in [0.05, 0.1) is 29.2 Å². The molecule has 6 atom stereocenters. The Morgan fingerprint density at radius 3 is 2.68 bits per heavy atom. The second kappa shape index (κ2) is 8.28. The van der Waals surface area contributed by atoms with E-state index in [1.165, 1.54) is 11.8 Å². The molecule has 0 saturated carbocycles. The quantitative estimate of drug-likeness (QED) is 0.379. The molecular weight excluding hydrogens is 416 g/mol. The van der Waals surface area contributed by atoms with Crippen LogP contribution in [0.1, 0.15) is 40.0 Å². The summed E-state index contributed by atoms with van der Waals surface area (Å²) in [5, 5.41) is 9.89. The fourth-order valence-electron chi connectivity index (χ4n) is 5.66. The summed E-state index contributed by atoms with van der Waals surface area (Å²) in [6.07, 6.45) is 10.8. The maximum Gasteiger partial charge on any atom is 0.311 e. The molecule has 4 heterocycles. The number of nitrogens with zero attached hydrogens (tertiary/aromatic N) is 2. The molecule has 0 aromatic carbocycles. The molecule has 31 heavy (non-hydrogen) atoms. The Hall–Kier alpha value is -1.80. The van der Waals surface area contributed by atoms with Crippen molar-refractivity contribution in [1.82, 2.24) is 9.80 Å². The Balaban J connectivity index is 1.81. The van der Waals surface area contributed by atoms with Crippen LogP contribution in [0, 0.1) is 11.8 Å². The Bertz CT molecular complexity index is 829. The second-order valence-corrected chi connectivity index (χ2v) is 11.0. The zero-order valence-corrected chi connectivity index (χ0v) is 19.3. The number of rotatable bonds is 6. The zero-order valence-electron chi connectivity index (χ0n) is 18.5. The Kier molecular flexibility index (Phi) is 5.98. The van der Waals surface area contributed by atoms with Gasteiger partial charge in [0, 0.05) is 17.8 Å². The normalized spacial score (nSPS) is 37.8. The van der Waals surface area contributed by atoms with E-state index in [9.17, 15) is 19.5 Å². The van der Waals surface area contributed by atoms with Crippen molar-refractivity contribution in [2.75, 3.05) is 26.3 Å². The third kappa shape index (κ3) is 3.33. The molecule has 7 nitrogen and oxygen atoms in total. The lowest BCUT2D eigenvalue weighted by Gasteiger charge is -2.38. The van der Waals surface area contributed by atoms with Gasteiger partial charge in [-0.15, -0.1) is 11.8 Å². The van der Waals surface area contributed by atoms with E-state index in [0.29, 0.717) is 13.1 Å². The number of aliphatic hydroxyl groups excluding tert-OH is 1. The molecule has 4 aliphatic heterocycles. The van der Waals surface area contributed by atoms with E-state index in [4.69, 9.17) is 4.74 Å². The average molecular weight is 449 g/mol. The number of esters is 1. The standard InChI is InChI=1S/C23H32N2O5S/c1-4-5-6-11-24-12-7-10-23-16(17-21(29)30-13-8-9-22(17,3)31-23)19(27)25(15(2)14-26)18(23)20(24)28/h7-10,15-18,26H,4-6,11-14H2,1-3H3/t15-,16+,17-,18?,22+,23+/m1/s1. The van der Waals surface area contributed by atoms with Crippen molar-refractivity contribution in [3.05, 3.63) is 24.3 Å². The maximum absolute atomic E-state index is 13.9. The summed E-state index contributed by atoms with van der Waals surface area (Å²) in [7, 11) is 0. The first-order valence-corrected chi connectivity index (χ1v) is 12.1. The molecule has 0 aromatic heterocycles. The third-order valence-corrected chi connectivity index (χ3v) is 8.90. The summed E-state index contributed by atoms with van der Waals surface area (Å²) in [6.45, 7) is 6.92. The van der Waals surface area contributed by atoms with Crippen molar-refractivity contribution in [2.45, 2.75) is 61.6 Å². The third-order valence-electron chi connectivity index (χ3n) is 7.10. The molecule has 2 saturated heterocycles. The number of carbonyl (C=O) groups is 3. The van der Waals surface area contributed by atoms with E-state index in [2.05, 4.69) is 6.92 Å². The average Bonchev–Trinajstić information content (AvgIpc) is 3.01. The van der Waals surface area contributed by atoms with Gasteiger partial charge < -0.3 is 19.6 Å². The predicted octanol–water partition coefficient (Wildman–Crippen LogP) is 1.76. The topological polar surface area (TPSA) is 87.2 Å². The number of hydrogen-bond acceptors (Lipinski definition) is 6. The van der Waals surface area contributed by atoms with Crippen LogP contribution in [0.3, 0.4) is 0 Å². The number of likely N-dealkylation sites (tertiary alicyclic amines) is 1. The minimum absolute atomic E-state index is 0.0952. The van der Waals surface area contributed by atoms with Gasteiger partial charge in [0.25, 0.3) is 0 Å². The number of ether oxygens (including phenoxy) is 1. The van der Waals surface area contributed by atoms with Crippen LogP contribution in [0.15, 0.2) is 24.3 Å². The summed E-state index contributed by atoms with van der Waals surface area (Å²) >= 11 is 1.53. The molecule has 2 fully saturated rings. The van der Waals surface area contributed by atoms with Crippen LogP contribution < -0.4 is 0 Å². The fraction of sp³-hybridized carbons (Fsp3) is 0.696. The molecule has 4 rings (SSSR count). The van der Waals surface area contributed by atoms with Gasteiger partial charge >= 0.3 is 5.97 Å². The lowest BCUT2D eigenvalue weighted by atomic mass is 9.75. The fourth-order valence-corrected chi connectivity index (χ4v) is 7.80. The van der Waals surface area contributed by atoms with Crippen molar-refractivity contribution in [3.8, 4) is 0 Å². The number of fused-ring (bicyclic) bond motifs is 2. The number of amides is 2. The van der Waals surface area contributed by atoms with Gasteiger partial charge in [0.2, 0.25) is 11.8 Å². The second-order valence-electron chi connectivity index (χ2n) is 9.20. The first kappa shape index (κ1) is 22.4. The minimum Gasteiger partial charge on any atom is -0.461 e. The van der Waals surface area contributed by atoms with Crippen LogP contribution in [0.4, 0.5) is 0 Å². The molecule has 1 unspecified atom stereocenters. The Morgan fingerprint density at radius 1 is 1.19 bits per heavy atom. The molecule has 170 valence electrons. The SMILES string of the molecule is CCCCCN1CC=C[C@]23S[C@@]4(C)C=CCOC(=O)[C@H]4[C@H]2C(=O)N([C@H](C)CO)C3C1=O. The highest BCUT2D eigenvalue weighted by atomic mass is 32.2. The van der Waals surface area contributed by atoms with E-state index in [1.807, 2.05) is 36.1 Å². The summed E-state index contributed by atoms with van der Waals surface area (Å²) in [5.41, 5.74) is 0. The molecule has 1 N–H and O–H groups in total. The van der Waals surface area contributed by atoms with Crippen LogP contribution in [0.5, 0.6) is 0 Å². The van der Waals surface area contributed by atoms with Gasteiger partial charge in [0.15, 0.2) is 0 Å². The van der Waals surface area contributed by atoms with Crippen LogP contribution >= 0.6 is 11.8 Å². The van der Waals surface area contributed by atoms with E-state index >= 15 is 0 Å². The van der Waals surface area contributed by atoms with Crippen molar-refractivity contribution in [1.29, 1.82) is 0 Å². The number of hydrogen-bond donors (Lipinski definition) is 1. The predicted molar refractivity (Wildman–Crippen MR) is 118 cm³/mol. The molecule has 0 aromatic rings. The van der Waals surface area contributed by atoms with Gasteiger partial charge in [-0.05, 0) is 26.3 Å². The van der Waals surface area contributed by atoms with E-state index in [1.54, 1.807) is 11.8 Å². The Labute approximate surface area is 187 Å². The molecule has 1 spiro atoms. The molecule has 8 heteroatoms. The highest BCUT2D eigenvalue weighted by molar-refractivity contribution is 8.02. The number of aliphatic hydroxyl groups is 1. The zero-order chi connectivity index (χ0) is 22.4. The number of thioether (sulfide) groups is 1. The van der Waals surface area contributed by atoms with Crippen LogP contribution in [0.25, 0.3) is 0 Å². The van der Waals surface area contributed by atoms with E-state index in [-0.39, 0.29) is 25.0 Å². The smallest absolute Gasteiger partial charge is 0.311 e. The lowest BCUT2D eigenvalue weighted by molar-refractivity contribution is -0.153. The van der Waals surface area contributed by atoms with Crippen molar-refractivity contribution in [3.63, 3.8) is 0 Å². The maximum atomic E-state index is 13.9. The first-order chi connectivity index (χ1) is 14.8. The van der Waals surface area contributed by atoms with Gasteiger partial charge in [-0.2, -0.15) is 0 Å². The summed E-state index contributed by atoms with van der Waals surface area (Å²) in [4.78, 5) is 44.0. The van der Waals surface area contributed by atoms with Crippen molar-refractivity contribution >= 4 is 29.5 Å². The lowest BCUT2D eigenvalue weighted by Crippen LogP contribution is -2.56. The van der Waals surface area contributed by atoms with Crippen LogP contribution in [-0.4, -0.2) is 80.6 Å². The van der Waals surface area contributed by atoms with Gasteiger partial charge in [-0.3, -0.25) is 14.4 Å². The summed E-state index contributed by atoms with van der Waals surface area (Å²) in [5.74, 6) is -2.10. The largest absolute Gasteiger partial charge is 0.461 e. The number of unbranched alkanes of at least 4 members (excludes halogenated alkanes) is 2. The highest BCUT2D eigenvalue weighted by Gasteiger charge is 2.74. The summed E-state index contributed by atoms with van der Waals surface area (Å²) < 4.78 is 3.90. The number of carbonyl (C=O) groups excluding carboxylic acids is 3. The van der Waals surface area contributed by atoms with Crippen molar-refractivity contribution < 1.29 is 24.2 Å². The molecule has 0 radical (unpaired) electrons. The number of cyclic esters (lactones) is 1. The van der Waals surface area contributed by atoms with Gasteiger partial charge in [0.1, 0.15) is 12.6 Å². The molecular formula is C23H32N2O5S. The van der Waals surface area contributed by atoms with Crippen LogP contribution in [-0.2, 0) is 19.1 Å². The van der Waals surface area contributed by atoms with Gasteiger partial charge in [-0.25, -0.2) is 0 Å². The van der Waals surface area contributed by atoms with Gasteiger partial charge in [-0.1, -0.05) is 38.0 Å². The monoisotopic (exact) mass is 448 g/mol. The molecule has 4 aliphatic rings. The molecule has 0 aliphatic carbocycles. The highest BCUT2D eigenvalue weighted by Crippen LogP contribution is 2.65. The first-order valence-electron chi connectivity index (χ1n) is 11.2. The van der Waals surface area contributed by atoms with E-state index < -0.39 is 39.4 Å². The minimum atomic E-state index is -0.864. The summed E-state index contributed by atoms with van der Waals surface area (Å²) in [6, 6.07) is -1.26. The van der Waals surface area contributed by atoms with Crippen LogP contribution in [0.2, 0.25) is 0 Å². The molecule has 2 amide bonds. The van der Waals surface area contributed by atoms with E-state index in [0.717, 1.165) is 19.3 Å². The van der Waals surface area contributed by atoms with Crippen molar-refractivity contribution in [2.24, 2.45) is 11.8 Å². The Morgan fingerprint density at radius 2 is 1.97 bits per heavy atom. The molecule has 0 bridgehead atoms.